The van der Waals surface area contributed by atoms with E-state index in [9.17, 15) is 4.39 Å². The SMILES string of the molecule is CNC(C)c1cnc(-c2ccc(F)cc2Cl)nc1C. The fraction of sp³-hybridized carbons (Fsp3) is 0.286. The van der Waals surface area contributed by atoms with Crippen molar-refractivity contribution in [2.24, 2.45) is 0 Å². The van der Waals surface area contributed by atoms with Crippen molar-refractivity contribution in [1.82, 2.24) is 15.3 Å². The van der Waals surface area contributed by atoms with Crippen LogP contribution in [0.2, 0.25) is 5.02 Å². The quantitative estimate of drug-likeness (QED) is 0.934. The van der Waals surface area contributed by atoms with Gasteiger partial charge in [0.2, 0.25) is 0 Å². The molecular formula is C14H15ClFN3. The Balaban J connectivity index is 2.44. The number of aromatic nitrogens is 2. The maximum atomic E-state index is 13.0. The van der Waals surface area contributed by atoms with Crippen LogP contribution in [0.5, 0.6) is 0 Å². The highest BCUT2D eigenvalue weighted by molar-refractivity contribution is 6.33. The van der Waals surface area contributed by atoms with Crippen molar-refractivity contribution in [3.05, 3.63) is 46.5 Å². The lowest BCUT2D eigenvalue weighted by Crippen LogP contribution is -2.14. The standard InChI is InChI=1S/C14H15ClFN3/c1-8(17-3)12-7-18-14(19-9(12)2)11-5-4-10(16)6-13(11)15/h4-8,17H,1-3H3. The van der Waals surface area contributed by atoms with Crippen molar-refractivity contribution in [1.29, 1.82) is 0 Å². The van der Waals surface area contributed by atoms with Crippen molar-refractivity contribution in [2.45, 2.75) is 19.9 Å². The Morgan fingerprint density at radius 3 is 2.68 bits per heavy atom. The summed E-state index contributed by atoms with van der Waals surface area (Å²) in [4.78, 5) is 8.76. The molecule has 2 aromatic rings. The lowest BCUT2D eigenvalue weighted by molar-refractivity contribution is 0.628. The minimum Gasteiger partial charge on any atom is -0.313 e. The van der Waals surface area contributed by atoms with Gasteiger partial charge >= 0.3 is 0 Å². The fourth-order valence-corrected chi connectivity index (χ4v) is 2.11. The maximum Gasteiger partial charge on any atom is 0.160 e. The molecular weight excluding hydrogens is 265 g/mol. The summed E-state index contributed by atoms with van der Waals surface area (Å²) in [5.41, 5.74) is 2.55. The Kier molecular flexibility index (Phi) is 4.12. The predicted octanol–water partition coefficient (Wildman–Crippen LogP) is 3.52. The minimum atomic E-state index is -0.370. The van der Waals surface area contributed by atoms with Gasteiger partial charge in [-0.15, -0.1) is 0 Å². The first-order chi connectivity index (χ1) is 9.02. The number of nitrogens with zero attached hydrogens (tertiary/aromatic N) is 2. The van der Waals surface area contributed by atoms with Gasteiger partial charge in [-0.1, -0.05) is 11.6 Å². The average Bonchev–Trinajstić information content (AvgIpc) is 2.37. The van der Waals surface area contributed by atoms with Gasteiger partial charge < -0.3 is 5.32 Å². The number of halogens is 2. The Morgan fingerprint density at radius 1 is 1.37 bits per heavy atom. The van der Waals surface area contributed by atoms with Crippen LogP contribution >= 0.6 is 11.6 Å². The van der Waals surface area contributed by atoms with Crippen molar-refractivity contribution in [3.63, 3.8) is 0 Å². The molecule has 1 aromatic heterocycles. The van der Waals surface area contributed by atoms with Crippen molar-refractivity contribution in [2.75, 3.05) is 7.05 Å². The zero-order chi connectivity index (χ0) is 14.0. The van der Waals surface area contributed by atoms with E-state index in [-0.39, 0.29) is 11.9 Å². The topological polar surface area (TPSA) is 37.8 Å². The second-order valence-electron chi connectivity index (χ2n) is 4.37. The van der Waals surface area contributed by atoms with Gasteiger partial charge in [0.1, 0.15) is 5.82 Å². The van der Waals surface area contributed by atoms with E-state index in [0.717, 1.165) is 11.3 Å². The lowest BCUT2D eigenvalue weighted by Gasteiger charge is -2.13. The first-order valence-electron chi connectivity index (χ1n) is 5.99. The smallest absolute Gasteiger partial charge is 0.160 e. The van der Waals surface area contributed by atoms with Crippen LogP contribution < -0.4 is 5.32 Å². The van der Waals surface area contributed by atoms with Gasteiger partial charge in [-0.2, -0.15) is 0 Å². The Morgan fingerprint density at radius 2 is 2.11 bits per heavy atom. The monoisotopic (exact) mass is 279 g/mol. The van der Waals surface area contributed by atoms with Gasteiger partial charge in [0.25, 0.3) is 0 Å². The summed E-state index contributed by atoms with van der Waals surface area (Å²) in [5, 5.41) is 3.46. The molecule has 0 aliphatic carbocycles. The van der Waals surface area contributed by atoms with Crippen molar-refractivity contribution >= 4 is 11.6 Å². The second-order valence-corrected chi connectivity index (χ2v) is 4.78. The van der Waals surface area contributed by atoms with E-state index >= 15 is 0 Å². The lowest BCUT2D eigenvalue weighted by atomic mass is 10.1. The largest absolute Gasteiger partial charge is 0.313 e. The summed E-state index contributed by atoms with van der Waals surface area (Å²) in [7, 11) is 1.88. The molecule has 1 unspecified atom stereocenters. The number of rotatable bonds is 3. The first kappa shape index (κ1) is 13.9. The number of nitrogens with one attached hydrogen (secondary N) is 1. The van der Waals surface area contributed by atoms with Crippen LogP contribution in [0.3, 0.4) is 0 Å². The number of aryl methyl sites for hydroxylation is 1. The maximum absolute atomic E-state index is 13.0. The minimum absolute atomic E-state index is 0.178. The molecule has 0 amide bonds. The van der Waals surface area contributed by atoms with Crippen LogP contribution in [0.15, 0.2) is 24.4 Å². The van der Waals surface area contributed by atoms with E-state index in [2.05, 4.69) is 15.3 Å². The molecule has 19 heavy (non-hydrogen) atoms. The molecule has 0 saturated heterocycles. The molecule has 3 nitrogen and oxygen atoms in total. The molecule has 0 aliphatic heterocycles. The molecule has 0 aliphatic rings. The molecule has 1 atom stereocenters. The van der Waals surface area contributed by atoms with Gasteiger partial charge in [-0.25, -0.2) is 14.4 Å². The molecule has 0 saturated carbocycles. The Hall–Kier alpha value is -1.52. The summed E-state index contributed by atoms with van der Waals surface area (Å²) in [6.45, 7) is 3.96. The summed E-state index contributed by atoms with van der Waals surface area (Å²) >= 11 is 6.01. The average molecular weight is 280 g/mol. The molecule has 1 heterocycles. The van der Waals surface area contributed by atoms with E-state index in [4.69, 9.17) is 11.6 Å². The van der Waals surface area contributed by atoms with Gasteiger partial charge in [0.05, 0.1) is 5.02 Å². The fourth-order valence-electron chi connectivity index (χ4n) is 1.86. The van der Waals surface area contributed by atoms with Gasteiger partial charge in [-0.05, 0) is 39.1 Å². The van der Waals surface area contributed by atoms with E-state index in [1.54, 1.807) is 12.3 Å². The second kappa shape index (κ2) is 5.63. The molecule has 0 spiro atoms. The third-order valence-corrected chi connectivity index (χ3v) is 3.40. The van der Waals surface area contributed by atoms with Gasteiger partial charge in [-0.3, -0.25) is 0 Å². The predicted molar refractivity (Wildman–Crippen MR) is 74.6 cm³/mol. The highest BCUT2D eigenvalue weighted by Gasteiger charge is 2.12. The summed E-state index contributed by atoms with van der Waals surface area (Å²) in [6.07, 6.45) is 1.78. The Bertz CT molecular complexity index is 601. The normalized spacial score (nSPS) is 12.5. The summed E-state index contributed by atoms with van der Waals surface area (Å²) < 4.78 is 13.0. The first-order valence-corrected chi connectivity index (χ1v) is 6.37. The van der Waals surface area contributed by atoms with Crippen molar-refractivity contribution < 1.29 is 4.39 Å². The van der Waals surface area contributed by atoms with E-state index in [0.29, 0.717) is 16.4 Å². The molecule has 5 heteroatoms. The summed E-state index contributed by atoms with van der Waals surface area (Å²) in [6, 6.07) is 4.38. The highest BCUT2D eigenvalue weighted by atomic mass is 35.5. The molecule has 100 valence electrons. The van der Waals surface area contributed by atoms with Crippen LogP contribution in [0.4, 0.5) is 4.39 Å². The summed E-state index contributed by atoms with van der Waals surface area (Å²) in [5.74, 6) is 0.139. The van der Waals surface area contributed by atoms with E-state index in [1.807, 2.05) is 20.9 Å². The van der Waals surface area contributed by atoms with Gasteiger partial charge in [0.15, 0.2) is 5.82 Å². The van der Waals surface area contributed by atoms with Crippen LogP contribution in [0.25, 0.3) is 11.4 Å². The zero-order valence-electron chi connectivity index (χ0n) is 11.0. The van der Waals surface area contributed by atoms with Crippen LogP contribution in [-0.4, -0.2) is 17.0 Å². The molecule has 0 fully saturated rings. The van der Waals surface area contributed by atoms with Crippen LogP contribution in [-0.2, 0) is 0 Å². The Labute approximate surface area is 116 Å². The van der Waals surface area contributed by atoms with Crippen LogP contribution in [0, 0.1) is 12.7 Å². The van der Waals surface area contributed by atoms with Crippen molar-refractivity contribution in [3.8, 4) is 11.4 Å². The number of benzene rings is 1. The molecule has 0 bridgehead atoms. The highest BCUT2D eigenvalue weighted by Crippen LogP contribution is 2.27. The van der Waals surface area contributed by atoms with Gasteiger partial charge in [0, 0.05) is 29.1 Å². The van der Waals surface area contributed by atoms with E-state index < -0.39 is 0 Å². The third-order valence-electron chi connectivity index (χ3n) is 3.09. The molecule has 1 aromatic carbocycles. The molecule has 0 radical (unpaired) electrons. The number of hydrogen-bond acceptors (Lipinski definition) is 3. The molecule has 1 N–H and O–H groups in total. The third kappa shape index (κ3) is 2.91. The zero-order valence-corrected chi connectivity index (χ0v) is 11.8. The van der Waals surface area contributed by atoms with E-state index in [1.165, 1.54) is 12.1 Å². The molecule has 2 rings (SSSR count). The number of hydrogen-bond donors (Lipinski definition) is 1. The van der Waals surface area contributed by atoms with Crippen LogP contribution in [0.1, 0.15) is 24.2 Å².